The molecule has 0 radical (unpaired) electrons. The van der Waals surface area contributed by atoms with Crippen LogP contribution >= 0.6 is 0 Å². The Bertz CT molecular complexity index is 5420. The SMILES string of the molecule is Cc1ccccc1N(c1ccc2c(c1)Oc1cc(N3c4ccccc4[Si](c4ccccc4)(c4ccccc4)c4ccccc43)cc3c1B2c1ccc(N2c4ccccc4[Si](c4ccccc4)(c4ccccc4)c4ccccc42)cc1O3)c1ccccc1[SiH](c1ccccc1)c1ccccc1. The molecule has 0 fully saturated rings. The first-order valence-electron chi connectivity index (χ1n) is 34.6. The monoisotopic (exact) mass is 1330 g/mol. The zero-order chi connectivity index (χ0) is 66.3. The van der Waals surface area contributed by atoms with Crippen molar-refractivity contribution in [3.8, 4) is 23.0 Å². The molecule has 0 saturated heterocycles. The van der Waals surface area contributed by atoms with E-state index in [0.717, 1.165) is 79.2 Å². The zero-order valence-corrected chi connectivity index (χ0v) is 58.3. The van der Waals surface area contributed by atoms with Crippen molar-refractivity contribution >= 4 is 156 Å². The van der Waals surface area contributed by atoms with Crippen LogP contribution in [-0.4, -0.2) is 31.7 Å². The molecule has 15 aromatic carbocycles. The minimum absolute atomic E-state index is 0.254. The van der Waals surface area contributed by atoms with E-state index in [1.165, 1.54) is 74.0 Å². The molecular formula is C91H66BN3O2Si3. The second kappa shape index (κ2) is 24.2. The fraction of sp³-hybridized carbons (Fsp3) is 0.0110. The molecule has 472 valence electrons. The van der Waals surface area contributed by atoms with Crippen molar-refractivity contribution in [3.05, 3.63) is 382 Å². The van der Waals surface area contributed by atoms with Crippen molar-refractivity contribution in [3.63, 3.8) is 0 Å². The topological polar surface area (TPSA) is 28.2 Å². The minimum Gasteiger partial charge on any atom is -0.458 e. The number of fused-ring (bicyclic) bond motifs is 8. The number of anilines is 9. The van der Waals surface area contributed by atoms with Crippen LogP contribution in [0.2, 0.25) is 0 Å². The quantitative estimate of drug-likeness (QED) is 0.0898. The molecule has 100 heavy (non-hydrogen) atoms. The summed E-state index contributed by atoms with van der Waals surface area (Å²) in [5.41, 5.74) is 14.2. The van der Waals surface area contributed by atoms with Crippen molar-refractivity contribution in [1.29, 1.82) is 0 Å². The first-order valence-corrected chi connectivity index (χ1v) is 40.4. The molecule has 0 N–H and O–H groups in total. The number of nitrogens with zero attached hydrogens (tertiary/aromatic N) is 3. The van der Waals surface area contributed by atoms with Gasteiger partial charge in [0.2, 0.25) is 0 Å². The normalized spacial score (nSPS) is 13.8. The lowest BCUT2D eigenvalue weighted by Crippen LogP contribution is -2.77. The van der Waals surface area contributed by atoms with Crippen molar-refractivity contribution in [2.75, 3.05) is 14.7 Å². The molecule has 0 amide bonds. The zero-order valence-electron chi connectivity index (χ0n) is 55.1. The van der Waals surface area contributed by atoms with Gasteiger partial charge in [0.15, 0.2) is 16.1 Å². The highest BCUT2D eigenvalue weighted by atomic mass is 28.3. The molecule has 0 aromatic heterocycles. The molecule has 5 nitrogen and oxygen atoms in total. The predicted molar refractivity (Wildman–Crippen MR) is 426 cm³/mol. The fourth-order valence-electron chi connectivity index (χ4n) is 17.2. The second-order valence-corrected chi connectivity index (χ2v) is 36.9. The lowest BCUT2D eigenvalue weighted by Gasteiger charge is -2.45. The molecule has 0 unspecified atom stereocenters. The van der Waals surface area contributed by atoms with Gasteiger partial charge >= 0.3 is 0 Å². The van der Waals surface area contributed by atoms with E-state index >= 15 is 0 Å². The summed E-state index contributed by atoms with van der Waals surface area (Å²) in [6.45, 7) is 1.97. The van der Waals surface area contributed by atoms with E-state index in [1.807, 2.05) is 0 Å². The van der Waals surface area contributed by atoms with Crippen molar-refractivity contribution in [2.24, 2.45) is 0 Å². The summed E-state index contributed by atoms with van der Waals surface area (Å²) < 4.78 is 15.4. The van der Waals surface area contributed by atoms with E-state index in [1.54, 1.807) is 0 Å². The number of para-hydroxylation sites is 6. The van der Waals surface area contributed by atoms with Crippen molar-refractivity contribution < 1.29 is 9.47 Å². The molecule has 9 heteroatoms. The number of ether oxygens (including phenoxy) is 2. The van der Waals surface area contributed by atoms with Gasteiger partial charge in [0.05, 0.1) is 5.69 Å². The van der Waals surface area contributed by atoms with Crippen LogP contribution in [0.4, 0.5) is 51.2 Å². The number of benzene rings is 15. The summed E-state index contributed by atoms with van der Waals surface area (Å²) in [4.78, 5) is 7.46. The first kappa shape index (κ1) is 59.3. The Morgan fingerprint density at radius 2 is 0.660 bits per heavy atom. The van der Waals surface area contributed by atoms with E-state index in [9.17, 15) is 0 Å². The summed E-state index contributed by atoms with van der Waals surface area (Å²) in [6.07, 6.45) is 0. The molecule has 15 aromatic rings. The van der Waals surface area contributed by atoms with Gasteiger partial charge in [-0.25, -0.2) is 0 Å². The molecule has 0 spiro atoms. The third-order valence-electron chi connectivity index (χ3n) is 21.3. The summed E-state index contributed by atoms with van der Waals surface area (Å²) in [6, 6.07) is 140. The van der Waals surface area contributed by atoms with Crippen LogP contribution in [0.3, 0.4) is 0 Å². The van der Waals surface area contributed by atoms with Crippen LogP contribution in [0.1, 0.15) is 5.56 Å². The molecular weight excluding hydrogens is 1260 g/mol. The summed E-state index contributed by atoms with van der Waals surface area (Å²) in [5, 5.41) is 14.7. The van der Waals surface area contributed by atoms with Gasteiger partial charge in [-0.1, -0.05) is 314 Å². The number of aryl methyl sites for hydroxylation is 1. The molecule has 4 heterocycles. The maximum atomic E-state index is 7.70. The van der Waals surface area contributed by atoms with Gasteiger partial charge in [0.25, 0.3) is 6.71 Å². The smallest absolute Gasteiger partial charge is 0.260 e. The van der Waals surface area contributed by atoms with Crippen molar-refractivity contribution in [2.45, 2.75) is 6.92 Å². The van der Waals surface area contributed by atoms with Crippen LogP contribution in [0.15, 0.2) is 376 Å². The molecule has 0 aliphatic carbocycles. The molecule has 0 saturated carbocycles. The van der Waals surface area contributed by atoms with Crippen molar-refractivity contribution in [1.82, 2.24) is 0 Å². The fourth-order valence-corrected chi connectivity index (χ4v) is 30.6. The van der Waals surface area contributed by atoms with Crippen LogP contribution < -0.4 is 97.6 Å². The third kappa shape index (κ3) is 9.20. The maximum absolute atomic E-state index is 7.70. The van der Waals surface area contributed by atoms with E-state index in [0.29, 0.717) is 0 Å². The summed E-state index contributed by atoms with van der Waals surface area (Å²) in [5.74, 6) is 3.13. The van der Waals surface area contributed by atoms with Gasteiger partial charge in [-0.15, -0.1) is 0 Å². The van der Waals surface area contributed by atoms with Crippen LogP contribution in [0, 0.1) is 6.92 Å². The number of hydrogen-bond donors (Lipinski definition) is 0. The Hall–Kier alpha value is -12.0. The average molecular weight is 1330 g/mol. The highest BCUT2D eigenvalue weighted by Crippen LogP contribution is 2.47. The second-order valence-electron chi connectivity index (χ2n) is 26.6. The van der Waals surface area contributed by atoms with Crippen LogP contribution in [0.5, 0.6) is 23.0 Å². The average Bonchev–Trinajstić information content (AvgIpc) is 0.701. The standard InChI is InChI=1S/C91H66BN3O2Si3/c1-64-32-20-21-45-76(64)93(77-46-22-27-51-86(77)98(68-33-8-2-9-34-68)69-35-10-3-11-36-69)65-56-58-74-82(60-65)96-84-62-67(95-80-49-25-30-54-89(80)100(72-41-16-6-17-42-72,73-43-18-7-19-44-73)90-55-31-26-50-81(90)95)63-85-91(84)92(74)75-59-57-66(61-83(75)97-85)94-78-47-23-28-52-87(78)99(70-37-12-4-13-38-70,71-39-14-5-15-40-71)88-53-29-24-48-79(88)94/h2-63,98H,1H3. The largest absolute Gasteiger partial charge is 0.458 e. The van der Waals surface area contributed by atoms with Gasteiger partial charge in [0.1, 0.15) is 31.8 Å². The van der Waals surface area contributed by atoms with Gasteiger partial charge < -0.3 is 24.2 Å². The van der Waals surface area contributed by atoms with E-state index in [2.05, 4.69) is 398 Å². The summed E-state index contributed by atoms with van der Waals surface area (Å²) >= 11 is 0. The Labute approximate surface area is 588 Å². The summed E-state index contributed by atoms with van der Waals surface area (Å²) in [7, 11) is -7.92. The maximum Gasteiger partial charge on any atom is 0.260 e. The lowest BCUT2D eigenvalue weighted by atomic mass is 9.35. The van der Waals surface area contributed by atoms with Gasteiger partial charge in [-0.05, 0) is 119 Å². The molecule has 19 rings (SSSR count). The van der Waals surface area contributed by atoms with E-state index < -0.39 is 24.9 Å². The Morgan fingerprint density at radius 3 is 1.11 bits per heavy atom. The Balaban J connectivity index is 0.824. The molecule has 4 aliphatic heterocycles. The molecule has 0 atom stereocenters. The number of rotatable bonds is 12. The Kier molecular flexibility index (Phi) is 14.4. The molecule has 4 aliphatic rings. The minimum atomic E-state index is -2.95. The van der Waals surface area contributed by atoms with Gasteiger partial charge in [-0.3, -0.25) is 0 Å². The van der Waals surface area contributed by atoms with Gasteiger partial charge in [-0.2, -0.15) is 0 Å². The Morgan fingerprint density at radius 1 is 0.310 bits per heavy atom. The molecule has 0 bridgehead atoms. The predicted octanol–water partition coefficient (Wildman–Crippen LogP) is 12.8. The number of hydrogen-bond acceptors (Lipinski definition) is 5. The van der Waals surface area contributed by atoms with Gasteiger partial charge in [0, 0.05) is 75.2 Å². The van der Waals surface area contributed by atoms with E-state index in [4.69, 9.17) is 9.47 Å². The van der Waals surface area contributed by atoms with Crippen LogP contribution in [-0.2, 0) is 0 Å². The van der Waals surface area contributed by atoms with Crippen LogP contribution in [0.25, 0.3) is 0 Å². The highest BCUT2D eigenvalue weighted by molar-refractivity contribution is 7.22. The highest BCUT2D eigenvalue weighted by Gasteiger charge is 2.51. The lowest BCUT2D eigenvalue weighted by molar-refractivity contribution is 0.465. The van der Waals surface area contributed by atoms with E-state index in [-0.39, 0.29) is 6.71 Å². The first-order chi connectivity index (χ1) is 49.6. The third-order valence-corrected chi connectivity index (χ3v) is 34.3.